The van der Waals surface area contributed by atoms with Crippen molar-refractivity contribution in [1.82, 2.24) is 0 Å². The van der Waals surface area contributed by atoms with E-state index in [1.807, 2.05) is 0 Å². The van der Waals surface area contributed by atoms with Gasteiger partial charge in [0.2, 0.25) is 0 Å². The molecule has 0 radical (unpaired) electrons. The van der Waals surface area contributed by atoms with Gasteiger partial charge < -0.3 is 4.74 Å². The van der Waals surface area contributed by atoms with Crippen LogP contribution in [0.15, 0.2) is 36.4 Å². The van der Waals surface area contributed by atoms with Crippen molar-refractivity contribution >= 4 is 52.4 Å². The Kier molecular flexibility index (Phi) is 4.58. The highest BCUT2D eigenvalue weighted by Crippen LogP contribution is 2.27. The Labute approximate surface area is 129 Å². The van der Waals surface area contributed by atoms with Crippen LogP contribution >= 0.6 is 46.4 Å². The van der Waals surface area contributed by atoms with Crippen LogP contribution in [-0.2, 0) is 0 Å². The summed E-state index contributed by atoms with van der Waals surface area (Å²) in [5.74, 6) is -0.262. The average Bonchev–Trinajstić information content (AvgIpc) is 2.37. The second-order valence-electron chi connectivity index (χ2n) is 3.59. The van der Waals surface area contributed by atoms with Crippen LogP contribution in [0.5, 0.6) is 5.75 Å². The van der Waals surface area contributed by atoms with Crippen LogP contribution < -0.4 is 4.74 Å². The van der Waals surface area contributed by atoms with Gasteiger partial charge in [-0.05, 0) is 30.3 Å². The lowest BCUT2D eigenvalue weighted by atomic mass is 10.2. The third-order valence-corrected chi connectivity index (χ3v) is 3.73. The van der Waals surface area contributed by atoms with Crippen LogP contribution in [0.25, 0.3) is 0 Å². The molecule has 19 heavy (non-hydrogen) atoms. The van der Waals surface area contributed by atoms with Crippen molar-refractivity contribution in [2.24, 2.45) is 0 Å². The first kappa shape index (κ1) is 14.5. The molecule has 0 amide bonds. The summed E-state index contributed by atoms with van der Waals surface area (Å²) in [5.41, 5.74) is 0.292. The summed E-state index contributed by atoms with van der Waals surface area (Å²) < 4.78 is 5.15. The van der Waals surface area contributed by atoms with Crippen molar-refractivity contribution in [3.63, 3.8) is 0 Å². The zero-order chi connectivity index (χ0) is 14.0. The largest absolute Gasteiger partial charge is 0.423 e. The quantitative estimate of drug-likeness (QED) is 0.533. The van der Waals surface area contributed by atoms with Gasteiger partial charge in [-0.15, -0.1) is 0 Å². The van der Waals surface area contributed by atoms with Crippen LogP contribution in [0.3, 0.4) is 0 Å². The summed E-state index contributed by atoms with van der Waals surface area (Å²) in [6, 6.07) is 9.03. The van der Waals surface area contributed by atoms with Gasteiger partial charge in [0, 0.05) is 6.07 Å². The average molecular weight is 336 g/mol. The minimum atomic E-state index is -0.558. The van der Waals surface area contributed by atoms with Gasteiger partial charge in [-0.2, -0.15) is 0 Å². The SMILES string of the molecule is O=C(Oc1ccc(Cl)c(Cl)c1)c1ccc(Cl)c(Cl)c1. The van der Waals surface area contributed by atoms with Crippen LogP contribution in [0.2, 0.25) is 20.1 Å². The van der Waals surface area contributed by atoms with E-state index in [1.165, 1.54) is 24.3 Å². The molecule has 6 heteroatoms. The summed E-state index contributed by atoms with van der Waals surface area (Å²) in [7, 11) is 0. The fraction of sp³-hybridized carbons (Fsp3) is 0. The number of ether oxygens (including phenoxy) is 1. The lowest BCUT2D eigenvalue weighted by Crippen LogP contribution is -2.08. The second kappa shape index (κ2) is 6.02. The van der Waals surface area contributed by atoms with E-state index in [9.17, 15) is 4.79 Å². The number of esters is 1. The number of rotatable bonds is 2. The van der Waals surface area contributed by atoms with Gasteiger partial charge in [-0.1, -0.05) is 46.4 Å². The molecule has 0 spiro atoms. The Bertz CT molecular complexity index is 641. The van der Waals surface area contributed by atoms with Crippen LogP contribution in [0, 0.1) is 0 Å². The highest BCUT2D eigenvalue weighted by atomic mass is 35.5. The smallest absolute Gasteiger partial charge is 0.343 e. The van der Waals surface area contributed by atoms with Gasteiger partial charge in [0.15, 0.2) is 0 Å². The first-order valence-corrected chi connectivity index (χ1v) is 6.61. The van der Waals surface area contributed by atoms with E-state index in [2.05, 4.69) is 0 Å². The van der Waals surface area contributed by atoms with E-state index < -0.39 is 5.97 Å². The molecule has 0 atom stereocenters. The Balaban J connectivity index is 2.20. The zero-order valence-corrected chi connectivity index (χ0v) is 12.3. The molecule has 0 unspecified atom stereocenters. The molecular formula is C13H6Cl4O2. The number of hydrogen-bond donors (Lipinski definition) is 0. The summed E-state index contributed by atoms with van der Waals surface area (Å²) in [4.78, 5) is 11.9. The van der Waals surface area contributed by atoms with E-state index >= 15 is 0 Å². The molecule has 2 rings (SSSR count). The van der Waals surface area contributed by atoms with Crippen molar-refractivity contribution in [1.29, 1.82) is 0 Å². The van der Waals surface area contributed by atoms with Gasteiger partial charge in [0.05, 0.1) is 25.7 Å². The summed E-state index contributed by atoms with van der Waals surface area (Å²) in [5, 5.41) is 1.34. The maximum atomic E-state index is 11.9. The highest BCUT2D eigenvalue weighted by Gasteiger charge is 2.11. The van der Waals surface area contributed by atoms with Gasteiger partial charge in [0.1, 0.15) is 5.75 Å². The van der Waals surface area contributed by atoms with Gasteiger partial charge >= 0.3 is 5.97 Å². The molecule has 0 heterocycles. The van der Waals surface area contributed by atoms with Crippen molar-refractivity contribution in [3.05, 3.63) is 62.1 Å². The van der Waals surface area contributed by atoms with Gasteiger partial charge in [0.25, 0.3) is 0 Å². The van der Waals surface area contributed by atoms with E-state index in [0.29, 0.717) is 26.4 Å². The molecule has 0 aliphatic heterocycles. The van der Waals surface area contributed by atoms with Crippen molar-refractivity contribution < 1.29 is 9.53 Å². The fourth-order valence-electron chi connectivity index (χ4n) is 1.33. The Morgan fingerprint density at radius 3 is 1.95 bits per heavy atom. The third-order valence-electron chi connectivity index (χ3n) is 2.26. The number of benzene rings is 2. The molecule has 0 aliphatic rings. The number of hydrogen-bond acceptors (Lipinski definition) is 2. The summed E-state index contributed by atoms with van der Waals surface area (Å²) in [6.45, 7) is 0. The Morgan fingerprint density at radius 2 is 1.37 bits per heavy atom. The van der Waals surface area contributed by atoms with E-state index in [0.717, 1.165) is 0 Å². The molecule has 0 fully saturated rings. The molecule has 0 saturated heterocycles. The first-order chi connectivity index (χ1) is 8.97. The van der Waals surface area contributed by atoms with Crippen LogP contribution in [-0.4, -0.2) is 5.97 Å². The molecule has 0 saturated carbocycles. The lowest BCUT2D eigenvalue weighted by Gasteiger charge is -2.06. The van der Waals surface area contributed by atoms with Crippen molar-refractivity contribution in [3.8, 4) is 5.75 Å². The second-order valence-corrected chi connectivity index (χ2v) is 5.22. The highest BCUT2D eigenvalue weighted by molar-refractivity contribution is 6.42. The molecule has 2 aromatic carbocycles. The molecule has 0 aromatic heterocycles. The monoisotopic (exact) mass is 334 g/mol. The maximum Gasteiger partial charge on any atom is 0.343 e. The van der Waals surface area contributed by atoms with E-state index in [4.69, 9.17) is 51.1 Å². The van der Waals surface area contributed by atoms with Gasteiger partial charge in [-0.3, -0.25) is 0 Å². The van der Waals surface area contributed by atoms with E-state index in [1.54, 1.807) is 12.1 Å². The number of carbonyl (C=O) groups excluding carboxylic acids is 1. The summed E-state index contributed by atoms with van der Waals surface area (Å²) in [6.07, 6.45) is 0. The van der Waals surface area contributed by atoms with Crippen molar-refractivity contribution in [2.45, 2.75) is 0 Å². The molecule has 0 bridgehead atoms. The van der Waals surface area contributed by atoms with E-state index in [-0.39, 0.29) is 5.02 Å². The summed E-state index contributed by atoms with van der Waals surface area (Å²) >= 11 is 23.2. The van der Waals surface area contributed by atoms with Crippen LogP contribution in [0.4, 0.5) is 0 Å². The fourth-order valence-corrected chi connectivity index (χ4v) is 1.92. The number of halogens is 4. The molecule has 0 aliphatic carbocycles. The Hall–Kier alpha value is -0.930. The van der Waals surface area contributed by atoms with Gasteiger partial charge in [-0.25, -0.2) is 4.79 Å². The standard InChI is InChI=1S/C13H6Cl4O2/c14-9-3-1-7(5-11(9)16)13(18)19-8-2-4-10(15)12(17)6-8/h1-6H. The van der Waals surface area contributed by atoms with Crippen molar-refractivity contribution in [2.75, 3.05) is 0 Å². The minimum Gasteiger partial charge on any atom is -0.423 e. The Morgan fingerprint density at radius 1 is 0.789 bits per heavy atom. The maximum absolute atomic E-state index is 11.9. The van der Waals surface area contributed by atoms with Crippen LogP contribution in [0.1, 0.15) is 10.4 Å². The predicted octanol–water partition coefficient (Wildman–Crippen LogP) is 5.52. The first-order valence-electron chi connectivity index (χ1n) is 5.09. The normalized spacial score (nSPS) is 10.3. The zero-order valence-electron chi connectivity index (χ0n) is 9.29. The molecule has 2 nitrogen and oxygen atoms in total. The molecule has 98 valence electrons. The third kappa shape index (κ3) is 3.54. The lowest BCUT2D eigenvalue weighted by molar-refractivity contribution is 0.0735. The molecule has 2 aromatic rings. The number of carbonyl (C=O) groups is 1. The predicted molar refractivity (Wildman–Crippen MR) is 77.9 cm³/mol. The molecule has 0 N–H and O–H groups in total. The minimum absolute atomic E-state index is 0.283. The molecular weight excluding hydrogens is 330 g/mol. The topological polar surface area (TPSA) is 26.3 Å².